The number of alkyl halides is 1. The van der Waals surface area contributed by atoms with Crippen LogP contribution in [0, 0.1) is 6.92 Å². The number of hydrogen-bond donors (Lipinski definition) is 0. The Morgan fingerprint density at radius 3 is 2.80 bits per heavy atom. The van der Waals surface area contributed by atoms with Crippen LogP contribution in [0.5, 0.6) is 0 Å². The summed E-state index contributed by atoms with van der Waals surface area (Å²) in [5.41, 5.74) is 3.13. The lowest BCUT2D eigenvalue weighted by Crippen LogP contribution is -2.09. The fourth-order valence-corrected chi connectivity index (χ4v) is 2.90. The van der Waals surface area contributed by atoms with Crippen LogP contribution in [0.25, 0.3) is 11.2 Å². The van der Waals surface area contributed by atoms with E-state index in [4.69, 9.17) is 11.6 Å². The van der Waals surface area contributed by atoms with Gasteiger partial charge in [0.25, 0.3) is 0 Å². The third-order valence-electron chi connectivity index (χ3n) is 3.89. The van der Waals surface area contributed by atoms with Crippen molar-refractivity contribution < 1.29 is 0 Å². The molecule has 0 aliphatic heterocycles. The third kappa shape index (κ3) is 3.14. The van der Waals surface area contributed by atoms with Gasteiger partial charge in [0.2, 0.25) is 0 Å². The average Bonchev–Trinajstić information content (AvgIpc) is 2.83. The summed E-state index contributed by atoms with van der Waals surface area (Å²) in [4.78, 5) is 9.18. The largest absolute Gasteiger partial charge is 0.309 e. The maximum atomic E-state index is 6.07. The molecule has 0 fully saturated rings. The van der Waals surface area contributed by atoms with Gasteiger partial charge in [-0.25, -0.2) is 9.97 Å². The molecule has 2 heterocycles. The van der Waals surface area contributed by atoms with Gasteiger partial charge in [-0.1, -0.05) is 32.6 Å². The molecule has 4 heteroatoms. The van der Waals surface area contributed by atoms with E-state index in [1.807, 2.05) is 12.3 Å². The number of hydrogen-bond acceptors (Lipinski definition) is 2. The number of aromatic nitrogens is 3. The van der Waals surface area contributed by atoms with Gasteiger partial charge < -0.3 is 4.57 Å². The standard InChI is InChI=1S/C16H24ClN3/c1-4-5-6-7-8-13(3)20-14(11-17)19-15-12(2)9-10-18-16(15)20/h9-10,13H,4-8,11H2,1-3H3. The van der Waals surface area contributed by atoms with Crippen LogP contribution >= 0.6 is 11.6 Å². The van der Waals surface area contributed by atoms with Crippen LogP contribution in [0.3, 0.4) is 0 Å². The smallest absolute Gasteiger partial charge is 0.160 e. The molecule has 1 unspecified atom stereocenters. The monoisotopic (exact) mass is 293 g/mol. The summed E-state index contributed by atoms with van der Waals surface area (Å²) < 4.78 is 2.22. The first kappa shape index (κ1) is 15.3. The van der Waals surface area contributed by atoms with Crippen LogP contribution in [0.4, 0.5) is 0 Å². The highest BCUT2D eigenvalue weighted by atomic mass is 35.5. The van der Waals surface area contributed by atoms with Crippen molar-refractivity contribution in [3.05, 3.63) is 23.7 Å². The zero-order valence-electron chi connectivity index (χ0n) is 12.7. The Hall–Kier alpha value is -1.09. The number of rotatable bonds is 7. The maximum absolute atomic E-state index is 6.07. The molecule has 0 aromatic carbocycles. The average molecular weight is 294 g/mol. The minimum atomic E-state index is 0.403. The van der Waals surface area contributed by atoms with Gasteiger partial charge in [-0.15, -0.1) is 11.6 Å². The van der Waals surface area contributed by atoms with Crippen LogP contribution < -0.4 is 0 Å². The number of aryl methyl sites for hydroxylation is 1. The first-order valence-electron chi connectivity index (χ1n) is 7.57. The van der Waals surface area contributed by atoms with Crippen LogP contribution in [0.15, 0.2) is 12.3 Å². The summed E-state index contributed by atoms with van der Waals surface area (Å²) in [5, 5.41) is 0. The zero-order chi connectivity index (χ0) is 14.5. The highest BCUT2D eigenvalue weighted by Crippen LogP contribution is 2.25. The van der Waals surface area contributed by atoms with Gasteiger partial charge in [-0.2, -0.15) is 0 Å². The highest BCUT2D eigenvalue weighted by molar-refractivity contribution is 6.16. The lowest BCUT2D eigenvalue weighted by Gasteiger charge is -2.16. The molecule has 0 aliphatic carbocycles. The Kier molecular flexibility index (Phi) is 5.41. The number of unbranched alkanes of at least 4 members (excludes halogenated alkanes) is 3. The van der Waals surface area contributed by atoms with Crippen molar-refractivity contribution in [1.29, 1.82) is 0 Å². The first-order chi connectivity index (χ1) is 9.69. The molecule has 0 bridgehead atoms. The fourth-order valence-electron chi connectivity index (χ4n) is 2.71. The normalized spacial score (nSPS) is 13.0. The van der Waals surface area contributed by atoms with Gasteiger partial charge >= 0.3 is 0 Å². The molecule has 0 aliphatic rings. The summed E-state index contributed by atoms with van der Waals surface area (Å²) in [6.07, 6.45) is 8.16. The summed E-state index contributed by atoms with van der Waals surface area (Å²) in [5.74, 6) is 1.38. The first-order valence-corrected chi connectivity index (χ1v) is 8.10. The van der Waals surface area contributed by atoms with E-state index in [-0.39, 0.29) is 0 Å². The van der Waals surface area contributed by atoms with Gasteiger partial charge in [-0.3, -0.25) is 0 Å². The van der Waals surface area contributed by atoms with Gasteiger partial charge in [0.1, 0.15) is 11.3 Å². The Bertz CT molecular complexity index is 562. The number of imidazole rings is 1. The van der Waals surface area contributed by atoms with E-state index in [9.17, 15) is 0 Å². The van der Waals surface area contributed by atoms with Crippen molar-refractivity contribution in [2.24, 2.45) is 0 Å². The predicted molar refractivity (Wildman–Crippen MR) is 85.3 cm³/mol. The minimum absolute atomic E-state index is 0.403. The van der Waals surface area contributed by atoms with Crippen molar-refractivity contribution in [3.8, 4) is 0 Å². The van der Waals surface area contributed by atoms with Gasteiger partial charge in [0.15, 0.2) is 5.65 Å². The summed E-state index contributed by atoms with van der Waals surface area (Å²) in [6.45, 7) is 6.56. The zero-order valence-corrected chi connectivity index (χ0v) is 13.5. The second-order valence-corrected chi connectivity index (χ2v) is 5.80. The SMILES string of the molecule is CCCCCCC(C)n1c(CCl)nc2c(C)ccnc21. The summed E-state index contributed by atoms with van der Waals surface area (Å²) >= 11 is 6.07. The molecule has 0 spiro atoms. The molecule has 0 saturated heterocycles. The topological polar surface area (TPSA) is 30.7 Å². The van der Waals surface area contributed by atoms with Crippen LogP contribution in [0.2, 0.25) is 0 Å². The van der Waals surface area contributed by atoms with Crippen molar-refractivity contribution in [2.45, 2.75) is 64.8 Å². The van der Waals surface area contributed by atoms with Crippen LogP contribution in [0.1, 0.15) is 63.4 Å². The van der Waals surface area contributed by atoms with E-state index in [2.05, 4.69) is 35.3 Å². The Morgan fingerprint density at radius 2 is 2.10 bits per heavy atom. The molecule has 2 aromatic heterocycles. The number of halogens is 1. The van der Waals surface area contributed by atoms with E-state index in [1.54, 1.807) is 0 Å². The molecule has 2 rings (SSSR count). The van der Waals surface area contributed by atoms with Crippen molar-refractivity contribution in [1.82, 2.24) is 14.5 Å². The molecule has 0 amide bonds. The van der Waals surface area contributed by atoms with Crippen LogP contribution in [-0.4, -0.2) is 14.5 Å². The molecule has 110 valence electrons. The van der Waals surface area contributed by atoms with Gasteiger partial charge in [0, 0.05) is 12.2 Å². The fraction of sp³-hybridized carbons (Fsp3) is 0.625. The van der Waals surface area contributed by atoms with Crippen molar-refractivity contribution >= 4 is 22.8 Å². The maximum Gasteiger partial charge on any atom is 0.160 e. The number of nitrogens with zero attached hydrogens (tertiary/aromatic N) is 3. The van der Waals surface area contributed by atoms with E-state index in [0.717, 1.165) is 23.4 Å². The molecular weight excluding hydrogens is 270 g/mol. The highest BCUT2D eigenvalue weighted by Gasteiger charge is 2.17. The Balaban J connectivity index is 2.25. The molecule has 0 radical (unpaired) electrons. The Labute approximate surface area is 126 Å². The lowest BCUT2D eigenvalue weighted by molar-refractivity contribution is 0.471. The van der Waals surface area contributed by atoms with Gasteiger partial charge in [-0.05, 0) is 31.9 Å². The van der Waals surface area contributed by atoms with Crippen LogP contribution in [-0.2, 0) is 5.88 Å². The molecular formula is C16H24ClN3. The third-order valence-corrected chi connectivity index (χ3v) is 4.13. The predicted octanol–water partition coefficient (Wildman–Crippen LogP) is 5.01. The van der Waals surface area contributed by atoms with Gasteiger partial charge in [0.05, 0.1) is 5.88 Å². The Morgan fingerprint density at radius 1 is 1.30 bits per heavy atom. The van der Waals surface area contributed by atoms with E-state index >= 15 is 0 Å². The summed E-state index contributed by atoms with van der Waals surface area (Å²) in [7, 11) is 0. The molecule has 1 atom stereocenters. The minimum Gasteiger partial charge on any atom is -0.309 e. The second-order valence-electron chi connectivity index (χ2n) is 5.53. The van der Waals surface area contributed by atoms with E-state index < -0.39 is 0 Å². The molecule has 0 N–H and O–H groups in total. The summed E-state index contributed by atoms with van der Waals surface area (Å²) in [6, 6.07) is 2.41. The number of pyridine rings is 1. The van der Waals surface area contributed by atoms with E-state index in [0.29, 0.717) is 11.9 Å². The van der Waals surface area contributed by atoms with Crippen molar-refractivity contribution in [3.63, 3.8) is 0 Å². The molecule has 0 saturated carbocycles. The second kappa shape index (κ2) is 7.07. The molecule has 3 nitrogen and oxygen atoms in total. The quantitative estimate of drug-likeness (QED) is 0.531. The van der Waals surface area contributed by atoms with E-state index in [1.165, 1.54) is 31.2 Å². The molecule has 2 aromatic rings. The lowest BCUT2D eigenvalue weighted by atomic mass is 10.1. The van der Waals surface area contributed by atoms with Crippen molar-refractivity contribution in [2.75, 3.05) is 0 Å². The number of fused-ring (bicyclic) bond motifs is 1. The molecule has 20 heavy (non-hydrogen) atoms.